The van der Waals surface area contributed by atoms with Crippen LogP contribution in [0.2, 0.25) is 0 Å². The summed E-state index contributed by atoms with van der Waals surface area (Å²) in [7, 11) is 1.61. The molecule has 0 bridgehead atoms. The number of hydrogen-bond donors (Lipinski definition) is 0. The number of likely N-dealkylation sites (tertiary alicyclic amines) is 1. The first-order valence-corrected chi connectivity index (χ1v) is 14.1. The van der Waals surface area contributed by atoms with Crippen molar-refractivity contribution in [3.63, 3.8) is 0 Å². The molecule has 8 heteroatoms. The highest BCUT2D eigenvalue weighted by molar-refractivity contribution is 6.02. The van der Waals surface area contributed by atoms with E-state index in [4.69, 9.17) is 9.57 Å². The minimum atomic E-state index is -4.57. The van der Waals surface area contributed by atoms with Gasteiger partial charge in [0.05, 0.1) is 18.4 Å². The van der Waals surface area contributed by atoms with Crippen molar-refractivity contribution in [3.8, 4) is 5.75 Å². The van der Waals surface area contributed by atoms with Crippen LogP contribution in [0.1, 0.15) is 67.9 Å². The molecule has 220 valence electrons. The molecule has 0 radical (unpaired) electrons. The molecule has 0 saturated carbocycles. The van der Waals surface area contributed by atoms with Crippen LogP contribution in [-0.4, -0.2) is 42.3 Å². The predicted octanol–water partition coefficient (Wildman–Crippen LogP) is 7.63. The molecule has 1 amide bonds. The van der Waals surface area contributed by atoms with Gasteiger partial charge < -0.3 is 14.5 Å². The third kappa shape index (κ3) is 6.22. The van der Waals surface area contributed by atoms with Gasteiger partial charge in [-0.05, 0) is 45.9 Å². The first-order valence-electron chi connectivity index (χ1n) is 14.1. The number of piperidine rings is 1. The van der Waals surface area contributed by atoms with Crippen LogP contribution in [-0.2, 0) is 21.2 Å². The summed E-state index contributed by atoms with van der Waals surface area (Å²) in [5, 5.41) is 4.35. The van der Waals surface area contributed by atoms with E-state index in [1.165, 1.54) is 18.2 Å². The van der Waals surface area contributed by atoms with Crippen molar-refractivity contribution in [1.29, 1.82) is 0 Å². The average molecular weight is 577 g/mol. The van der Waals surface area contributed by atoms with Crippen molar-refractivity contribution in [1.82, 2.24) is 4.90 Å². The molecule has 3 aromatic rings. The van der Waals surface area contributed by atoms with Crippen LogP contribution in [0.5, 0.6) is 5.75 Å². The zero-order valence-electron chi connectivity index (χ0n) is 24.3. The molecule has 0 atom stereocenters. The summed E-state index contributed by atoms with van der Waals surface area (Å²) >= 11 is 0. The SMILES string of the molecule is COc1cccc(C2=NOC3(CCN(C(=O)C=C(c4ccc(C(C)(C)C)cc4)c4ccccc4C(F)(F)F)CC3)C2)c1. The Labute approximate surface area is 244 Å². The monoisotopic (exact) mass is 576 g/mol. The van der Waals surface area contributed by atoms with Gasteiger partial charge >= 0.3 is 6.18 Å². The van der Waals surface area contributed by atoms with E-state index >= 15 is 0 Å². The third-order valence-corrected chi connectivity index (χ3v) is 8.08. The van der Waals surface area contributed by atoms with Gasteiger partial charge in [0.1, 0.15) is 11.4 Å². The molecule has 1 fully saturated rings. The van der Waals surface area contributed by atoms with E-state index in [1.54, 1.807) is 30.2 Å². The van der Waals surface area contributed by atoms with Crippen LogP contribution in [0.4, 0.5) is 13.2 Å². The summed E-state index contributed by atoms with van der Waals surface area (Å²) in [5.41, 5.74) is 2.18. The fourth-order valence-electron chi connectivity index (χ4n) is 5.53. The van der Waals surface area contributed by atoms with Crippen LogP contribution in [0, 0.1) is 0 Å². The maximum absolute atomic E-state index is 14.0. The van der Waals surface area contributed by atoms with E-state index in [1.807, 2.05) is 36.4 Å². The van der Waals surface area contributed by atoms with E-state index in [2.05, 4.69) is 25.9 Å². The first-order chi connectivity index (χ1) is 19.9. The highest BCUT2D eigenvalue weighted by Gasteiger charge is 2.43. The molecule has 5 rings (SSSR count). The minimum absolute atomic E-state index is 0.0224. The molecule has 0 aromatic heterocycles. The molecule has 0 aliphatic carbocycles. The predicted molar refractivity (Wildman–Crippen MR) is 157 cm³/mol. The normalized spacial score (nSPS) is 17.2. The molecule has 42 heavy (non-hydrogen) atoms. The van der Waals surface area contributed by atoms with Gasteiger partial charge in [-0.1, -0.05) is 80.5 Å². The number of hydrogen-bond acceptors (Lipinski definition) is 4. The Balaban J connectivity index is 1.38. The van der Waals surface area contributed by atoms with Crippen molar-refractivity contribution >= 4 is 17.2 Å². The van der Waals surface area contributed by atoms with Gasteiger partial charge in [0.2, 0.25) is 5.91 Å². The van der Waals surface area contributed by atoms with E-state index < -0.39 is 17.3 Å². The average Bonchev–Trinajstić information content (AvgIpc) is 3.38. The Morgan fingerprint density at radius 2 is 1.67 bits per heavy atom. The number of amides is 1. The zero-order valence-corrected chi connectivity index (χ0v) is 24.3. The number of oxime groups is 1. The Kier molecular flexibility index (Phi) is 7.92. The van der Waals surface area contributed by atoms with E-state index in [9.17, 15) is 18.0 Å². The number of rotatable bonds is 5. The van der Waals surface area contributed by atoms with Gasteiger partial charge in [-0.15, -0.1) is 0 Å². The van der Waals surface area contributed by atoms with Gasteiger partial charge in [-0.3, -0.25) is 4.79 Å². The zero-order chi connectivity index (χ0) is 30.1. The second-order valence-electron chi connectivity index (χ2n) is 12.0. The molecule has 2 aliphatic heterocycles. The molecule has 5 nitrogen and oxygen atoms in total. The van der Waals surface area contributed by atoms with Gasteiger partial charge in [0.25, 0.3) is 0 Å². The number of carbonyl (C=O) groups excluding carboxylic acids is 1. The standard InChI is InChI=1S/C34H35F3N2O3/c1-32(2,3)25-14-12-23(13-15-25)28(27-10-5-6-11-29(27)34(35,36)37)21-31(40)39-18-16-33(17-19-39)22-30(38-42-33)24-8-7-9-26(20-24)41-4/h5-15,20-21H,16-19,22H2,1-4H3. The summed E-state index contributed by atoms with van der Waals surface area (Å²) in [5.74, 6) is 0.406. The van der Waals surface area contributed by atoms with Crippen LogP contribution < -0.4 is 4.74 Å². The molecule has 3 aromatic carbocycles. The lowest BCUT2D eigenvalue weighted by Crippen LogP contribution is -2.46. The highest BCUT2D eigenvalue weighted by atomic mass is 19.4. The summed E-state index contributed by atoms with van der Waals surface area (Å²) in [6.45, 7) is 7.04. The fraction of sp³-hybridized carbons (Fsp3) is 0.353. The van der Waals surface area contributed by atoms with E-state index in [-0.39, 0.29) is 22.5 Å². The fourth-order valence-corrected chi connectivity index (χ4v) is 5.53. The topological polar surface area (TPSA) is 51.1 Å². The van der Waals surface area contributed by atoms with Crippen LogP contribution >= 0.6 is 0 Å². The maximum atomic E-state index is 14.0. The number of methoxy groups -OCH3 is 1. The summed E-state index contributed by atoms with van der Waals surface area (Å²) in [6, 6.07) is 20.5. The number of carbonyl (C=O) groups is 1. The number of nitrogens with zero attached hydrogens (tertiary/aromatic N) is 2. The number of ether oxygens (including phenoxy) is 1. The quantitative estimate of drug-likeness (QED) is 0.294. The Bertz CT molecular complexity index is 1510. The molecule has 1 spiro atoms. The molecule has 0 unspecified atom stereocenters. The second-order valence-corrected chi connectivity index (χ2v) is 12.0. The van der Waals surface area contributed by atoms with Gasteiger partial charge in [-0.25, -0.2) is 0 Å². The lowest BCUT2D eigenvalue weighted by Gasteiger charge is -2.37. The Hall–Kier alpha value is -4.07. The van der Waals surface area contributed by atoms with Crippen LogP contribution in [0.25, 0.3) is 5.57 Å². The molecule has 2 aliphatic rings. The Morgan fingerprint density at radius 1 is 0.976 bits per heavy atom. The lowest BCUT2D eigenvalue weighted by molar-refractivity contribution is -0.138. The minimum Gasteiger partial charge on any atom is -0.497 e. The third-order valence-electron chi connectivity index (χ3n) is 8.08. The second kappa shape index (κ2) is 11.3. The molecule has 2 heterocycles. The number of alkyl halides is 3. The van der Waals surface area contributed by atoms with Gasteiger partial charge in [0, 0.05) is 44.0 Å². The largest absolute Gasteiger partial charge is 0.497 e. The van der Waals surface area contributed by atoms with Crippen molar-refractivity contribution < 1.29 is 27.5 Å². The van der Waals surface area contributed by atoms with Crippen molar-refractivity contribution in [3.05, 3.63) is 107 Å². The smallest absolute Gasteiger partial charge is 0.417 e. The first kappa shape index (κ1) is 29.4. The molecule has 0 N–H and O–H groups in total. The number of benzene rings is 3. The summed E-state index contributed by atoms with van der Waals surface area (Å²) < 4.78 is 47.5. The van der Waals surface area contributed by atoms with Crippen LogP contribution in [0.15, 0.2) is 84.0 Å². The Morgan fingerprint density at radius 3 is 2.31 bits per heavy atom. The van der Waals surface area contributed by atoms with Gasteiger partial charge in [-0.2, -0.15) is 13.2 Å². The van der Waals surface area contributed by atoms with E-state index in [0.29, 0.717) is 37.9 Å². The summed E-state index contributed by atoms with van der Waals surface area (Å²) in [6.07, 6.45) is -1.47. The molecular weight excluding hydrogens is 541 g/mol. The molecular formula is C34H35F3N2O3. The summed E-state index contributed by atoms with van der Waals surface area (Å²) in [4.78, 5) is 21.2. The van der Waals surface area contributed by atoms with Gasteiger partial charge in [0.15, 0.2) is 0 Å². The van der Waals surface area contributed by atoms with Crippen molar-refractivity contribution in [2.24, 2.45) is 5.16 Å². The van der Waals surface area contributed by atoms with E-state index in [0.717, 1.165) is 28.7 Å². The van der Waals surface area contributed by atoms with Crippen molar-refractivity contribution in [2.75, 3.05) is 20.2 Å². The highest BCUT2D eigenvalue weighted by Crippen LogP contribution is 2.39. The van der Waals surface area contributed by atoms with Crippen LogP contribution in [0.3, 0.4) is 0 Å². The lowest BCUT2D eigenvalue weighted by atomic mass is 9.84. The van der Waals surface area contributed by atoms with Crippen molar-refractivity contribution in [2.45, 2.75) is 57.2 Å². The number of halogens is 3. The maximum Gasteiger partial charge on any atom is 0.417 e. The molecule has 1 saturated heterocycles.